The van der Waals surface area contributed by atoms with Crippen LogP contribution in [0.4, 0.5) is 0 Å². The number of rotatable bonds is 0. The molecule has 2 radical (unpaired) electrons. The van der Waals surface area contributed by atoms with Gasteiger partial charge in [-0.2, -0.15) is 0 Å². The van der Waals surface area contributed by atoms with Gasteiger partial charge in [0.15, 0.2) is 0 Å². The Morgan fingerprint density at radius 3 is 2.52 bits per heavy atom. The van der Waals surface area contributed by atoms with Crippen molar-refractivity contribution in [3.05, 3.63) is 0 Å². The molecule has 3 aliphatic carbocycles. The molecule has 0 bridgehead atoms. The summed E-state index contributed by atoms with van der Waals surface area (Å²) in [5.74, 6) is 1.97. The molecular formula is C21H34BNO2. The van der Waals surface area contributed by atoms with Crippen LogP contribution in [0.25, 0.3) is 0 Å². The van der Waals surface area contributed by atoms with Gasteiger partial charge in [0, 0.05) is 12.0 Å². The lowest BCUT2D eigenvalue weighted by Crippen LogP contribution is -2.73. The Hall–Kier alpha value is -0.505. The molecule has 4 fully saturated rings. The van der Waals surface area contributed by atoms with Crippen molar-refractivity contribution in [1.82, 2.24) is 5.32 Å². The van der Waals surface area contributed by atoms with Gasteiger partial charge in [-0.15, -0.1) is 0 Å². The molecule has 138 valence electrons. The summed E-state index contributed by atoms with van der Waals surface area (Å²) in [6.45, 7) is 11.4. The quantitative estimate of drug-likeness (QED) is 0.662. The molecule has 1 saturated heterocycles. The largest absolute Gasteiger partial charge is 0.393 e. The summed E-state index contributed by atoms with van der Waals surface area (Å²) in [6, 6.07) is 0. The number of hydrogen-bond acceptors (Lipinski definition) is 2. The molecule has 1 heterocycles. The molecule has 4 heteroatoms. The first kappa shape index (κ1) is 17.9. The topological polar surface area (TPSA) is 49.3 Å². The number of aliphatic hydroxyl groups is 1. The number of amides is 1. The molecule has 0 aromatic rings. The molecule has 25 heavy (non-hydrogen) atoms. The maximum absolute atomic E-state index is 12.2. The molecule has 3 nitrogen and oxygen atoms in total. The average molecular weight is 343 g/mol. The van der Waals surface area contributed by atoms with Crippen LogP contribution in [0.15, 0.2) is 0 Å². The third-order valence-electron chi connectivity index (χ3n) is 9.93. The van der Waals surface area contributed by atoms with E-state index < -0.39 is 0 Å². The van der Waals surface area contributed by atoms with Crippen LogP contribution >= 0.6 is 0 Å². The van der Waals surface area contributed by atoms with Crippen molar-refractivity contribution < 1.29 is 9.90 Å². The SMILES string of the molecule is [B]C1(C)CCC2C3CC(C)C4(C)NC(=O)CC[C@]4(C)C3C(O)C[C@@]21C. The van der Waals surface area contributed by atoms with Crippen molar-refractivity contribution >= 4 is 13.8 Å². The minimum absolute atomic E-state index is 0.0231. The van der Waals surface area contributed by atoms with Crippen LogP contribution in [-0.2, 0) is 4.79 Å². The van der Waals surface area contributed by atoms with Gasteiger partial charge >= 0.3 is 0 Å². The Kier molecular flexibility index (Phi) is 3.62. The fourth-order valence-corrected chi connectivity index (χ4v) is 7.83. The van der Waals surface area contributed by atoms with Crippen LogP contribution in [0.5, 0.6) is 0 Å². The van der Waals surface area contributed by atoms with E-state index in [1.165, 1.54) is 6.42 Å². The highest BCUT2D eigenvalue weighted by Crippen LogP contribution is 2.72. The van der Waals surface area contributed by atoms with E-state index in [1.54, 1.807) is 0 Å². The van der Waals surface area contributed by atoms with Crippen molar-refractivity contribution in [2.24, 2.45) is 34.5 Å². The summed E-state index contributed by atoms with van der Waals surface area (Å²) in [4.78, 5) is 12.2. The highest BCUT2D eigenvalue weighted by atomic mass is 16.3. The van der Waals surface area contributed by atoms with E-state index in [0.717, 1.165) is 25.7 Å². The molecule has 0 spiro atoms. The zero-order valence-corrected chi connectivity index (χ0v) is 16.6. The maximum atomic E-state index is 12.2. The first-order valence-corrected chi connectivity index (χ1v) is 10.2. The summed E-state index contributed by atoms with van der Waals surface area (Å²) in [6.07, 6.45) is 5.29. The zero-order chi connectivity index (χ0) is 18.4. The molecule has 2 N–H and O–H groups in total. The van der Waals surface area contributed by atoms with Gasteiger partial charge in [-0.05, 0) is 67.1 Å². The van der Waals surface area contributed by atoms with Gasteiger partial charge in [0.2, 0.25) is 5.91 Å². The highest BCUT2D eigenvalue weighted by molar-refractivity contribution is 6.15. The minimum Gasteiger partial charge on any atom is -0.393 e. The van der Waals surface area contributed by atoms with Crippen molar-refractivity contribution in [1.29, 1.82) is 0 Å². The Morgan fingerprint density at radius 1 is 1.16 bits per heavy atom. The van der Waals surface area contributed by atoms with Crippen molar-refractivity contribution in [3.8, 4) is 0 Å². The predicted octanol–water partition coefficient (Wildman–Crippen LogP) is 3.46. The van der Waals surface area contributed by atoms with E-state index in [4.69, 9.17) is 7.85 Å². The van der Waals surface area contributed by atoms with E-state index >= 15 is 0 Å². The second-order valence-corrected chi connectivity index (χ2v) is 10.7. The van der Waals surface area contributed by atoms with Crippen molar-refractivity contribution in [2.45, 2.75) is 90.1 Å². The van der Waals surface area contributed by atoms with Crippen LogP contribution in [0.1, 0.15) is 73.1 Å². The van der Waals surface area contributed by atoms with Gasteiger partial charge in [-0.1, -0.05) is 39.4 Å². The third-order valence-corrected chi connectivity index (χ3v) is 9.93. The molecular weight excluding hydrogens is 309 g/mol. The molecule has 4 rings (SSSR count). The summed E-state index contributed by atoms with van der Waals surface area (Å²) >= 11 is 0. The fraction of sp³-hybridized carbons (Fsp3) is 0.952. The Balaban J connectivity index is 1.78. The number of nitrogens with one attached hydrogen (secondary N) is 1. The maximum Gasteiger partial charge on any atom is 0.220 e. The van der Waals surface area contributed by atoms with E-state index in [9.17, 15) is 9.90 Å². The number of carbonyl (C=O) groups is 1. The first-order chi connectivity index (χ1) is 11.5. The number of aliphatic hydroxyl groups excluding tert-OH is 1. The normalized spacial score (nSPS) is 61.0. The summed E-state index contributed by atoms with van der Waals surface area (Å²) in [7, 11) is 6.73. The Bertz CT molecular complexity index is 607. The van der Waals surface area contributed by atoms with E-state index in [2.05, 4.69) is 39.9 Å². The molecule has 7 unspecified atom stereocenters. The van der Waals surface area contributed by atoms with Gasteiger partial charge in [0.05, 0.1) is 14.0 Å². The molecule has 3 saturated carbocycles. The smallest absolute Gasteiger partial charge is 0.220 e. The zero-order valence-electron chi connectivity index (χ0n) is 16.6. The van der Waals surface area contributed by atoms with Crippen LogP contribution in [0, 0.1) is 34.5 Å². The molecule has 1 aliphatic heterocycles. The number of piperidine rings is 1. The van der Waals surface area contributed by atoms with Gasteiger partial charge in [-0.3, -0.25) is 4.79 Å². The first-order valence-electron chi connectivity index (χ1n) is 10.2. The lowest BCUT2D eigenvalue weighted by atomic mass is 9.39. The highest BCUT2D eigenvalue weighted by Gasteiger charge is 2.68. The van der Waals surface area contributed by atoms with E-state index in [-0.39, 0.29) is 39.6 Å². The van der Waals surface area contributed by atoms with Crippen LogP contribution in [0.3, 0.4) is 0 Å². The van der Waals surface area contributed by atoms with E-state index in [0.29, 0.717) is 24.2 Å². The van der Waals surface area contributed by atoms with Gasteiger partial charge < -0.3 is 10.4 Å². The summed E-state index contributed by atoms with van der Waals surface area (Å²) in [5.41, 5.74) is -0.240. The third kappa shape index (κ3) is 2.01. The number of fused-ring (bicyclic) bond motifs is 5. The lowest BCUT2D eigenvalue weighted by molar-refractivity contribution is -0.194. The van der Waals surface area contributed by atoms with E-state index in [1.807, 2.05) is 0 Å². The monoisotopic (exact) mass is 343 g/mol. The molecule has 0 aromatic heterocycles. The van der Waals surface area contributed by atoms with Crippen LogP contribution in [-0.4, -0.2) is 30.5 Å². The van der Waals surface area contributed by atoms with Crippen LogP contribution < -0.4 is 5.32 Å². The van der Waals surface area contributed by atoms with Gasteiger partial charge in [-0.25, -0.2) is 0 Å². The van der Waals surface area contributed by atoms with Crippen molar-refractivity contribution in [2.75, 3.05) is 0 Å². The number of carbonyl (C=O) groups excluding carboxylic acids is 1. The van der Waals surface area contributed by atoms with Gasteiger partial charge in [0.25, 0.3) is 0 Å². The van der Waals surface area contributed by atoms with Gasteiger partial charge in [0.1, 0.15) is 0 Å². The molecule has 9 atom stereocenters. The van der Waals surface area contributed by atoms with Crippen molar-refractivity contribution in [3.63, 3.8) is 0 Å². The number of hydrogen-bond donors (Lipinski definition) is 2. The predicted molar refractivity (Wildman–Crippen MR) is 100 cm³/mol. The summed E-state index contributed by atoms with van der Waals surface area (Å²) < 4.78 is 0. The molecule has 1 amide bonds. The molecule has 0 aromatic carbocycles. The standard InChI is InChI=1S/C21H34BNO2/c1-12-10-13-14-6-9-20(4,22)19(14,3)11-15(24)17(13)18(2)8-7-16(25)23-21(12,18)5/h12-15,17,24H,6-11H2,1-5H3,(H,23,25)/t12?,13?,14?,15?,17?,18-,19+,20?,21?/m1/s1. The average Bonchev–Trinajstić information content (AvgIpc) is 2.72. The summed E-state index contributed by atoms with van der Waals surface area (Å²) in [5, 5.41) is 14.5. The Labute approximate surface area is 154 Å². The second-order valence-electron chi connectivity index (χ2n) is 10.7. The fourth-order valence-electron chi connectivity index (χ4n) is 7.83. The molecule has 4 aliphatic rings. The minimum atomic E-state index is -0.320. The second kappa shape index (κ2) is 5.06. The lowest BCUT2D eigenvalue weighted by Gasteiger charge is -2.68. The Morgan fingerprint density at radius 2 is 1.84 bits per heavy atom. The van der Waals surface area contributed by atoms with Crippen LogP contribution in [0.2, 0.25) is 5.31 Å².